The van der Waals surface area contributed by atoms with Crippen LogP contribution in [-0.2, 0) is 0 Å². The summed E-state index contributed by atoms with van der Waals surface area (Å²) in [5, 5.41) is 0. The van der Waals surface area contributed by atoms with Crippen LogP contribution >= 0.6 is 67.8 Å². The van der Waals surface area contributed by atoms with Crippen molar-refractivity contribution in [2.75, 3.05) is 5.73 Å². The van der Waals surface area contributed by atoms with Crippen LogP contribution in [0.4, 0.5) is 5.69 Å². The highest BCUT2D eigenvalue weighted by Crippen LogP contribution is 2.25. The number of hydrogen-bond donors (Lipinski definition) is 1. The fourth-order valence-corrected chi connectivity index (χ4v) is 2.47. The van der Waals surface area contributed by atoms with Crippen molar-refractivity contribution in [2.24, 2.45) is 0 Å². The number of halogens is 3. The first kappa shape index (κ1) is 9.30. The second kappa shape index (κ2) is 3.74. The monoisotopic (exact) mass is 471 g/mol. The highest BCUT2D eigenvalue weighted by atomic mass is 127. The van der Waals surface area contributed by atoms with E-state index in [-0.39, 0.29) is 0 Å². The lowest BCUT2D eigenvalue weighted by Crippen LogP contribution is -1.93. The molecule has 1 nitrogen and oxygen atoms in total. The van der Waals surface area contributed by atoms with Gasteiger partial charge in [0.15, 0.2) is 0 Å². The maximum absolute atomic E-state index is 5.67. The predicted octanol–water partition coefficient (Wildman–Crippen LogP) is 3.08. The summed E-state index contributed by atoms with van der Waals surface area (Å²) < 4.78 is 3.67. The number of rotatable bonds is 0. The number of anilines is 1. The van der Waals surface area contributed by atoms with Crippen LogP contribution in [0.2, 0.25) is 0 Å². The summed E-state index contributed by atoms with van der Waals surface area (Å²) in [6, 6.07) is 3.96. The summed E-state index contributed by atoms with van der Waals surface area (Å²) in [7, 11) is 0. The molecule has 0 aliphatic heterocycles. The molecule has 0 atom stereocenters. The van der Waals surface area contributed by atoms with E-state index < -0.39 is 0 Å². The zero-order valence-electron chi connectivity index (χ0n) is 4.87. The van der Waals surface area contributed by atoms with Crippen molar-refractivity contribution in [2.45, 2.75) is 0 Å². The first-order chi connectivity index (χ1) is 4.63. The van der Waals surface area contributed by atoms with E-state index in [1.54, 1.807) is 0 Å². The molecule has 0 saturated carbocycles. The van der Waals surface area contributed by atoms with Gasteiger partial charge in [-0.1, -0.05) is 0 Å². The van der Waals surface area contributed by atoms with Crippen LogP contribution in [0.1, 0.15) is 0 Å². The van der Waals surface area contributed by atoms with Gasteiger partial charge in [0.2, 0.25) is 0 Å². The van der Waals surface area contributed by atoms with E-state index in [4.69, 9.17) is 5.73 Å². The van der Waals surface area contributed by atoms with E-state index >= 15 is 0 Å². The molecule has 10 heavy (non-hydrogen) atoms. The summed E-state index contributed by atoms with van der Waals surface area (Å²) in [5.41, 5.74) is 6.54. The van der Waals surface area contributed by atoms with Crippen LogP contribution in [0.15, 0.2) is 12.1 Å². The third-order valence-electron chi connectivity index (χ3n) is 1.07. The van der Waals surface area contributed by atoms with E-state index in [1.165, 1.54) is 7.14 Å². The lowest BCUT2D eigenvalue weighted by molar-refractivity contribution is 1.52. The first-order valence-electron chi connectivity index (χ1n) is 2.52. The summed E-state index contributed by atoms with van der Waals surface area (Å²) >= 11 is 6.86. The second-order valence-electron chi connectivity index (χ2n) is 1.76. The van der Waals surface area contributed by atoms with Crippen LogP contribution in [0.25, 0.3) is 0 Å². The zero-order valence-corrected chi connectivity index (χ0v) is 11.3. The molecule has 1 rings (SSSR count). The summed E-state index contributed by atoms with van der Waals surface area (Å²) in [4.78, 5) is 0. The number of benzene rings is 1. The lowest BCUT2D eigenvalue weighted by atomic mass is 10.3. The van der Waals surface area contributed by atoms with Crippen LogP contribution in [0.5, 0.6) is 0 Å². The molecule has 4 heteroatoms. The molecule has 0 bridgehead atoms. The Morgan fingerprint density at radius 3 is 2.10 bits per heavy atom. The minimum atomic E-state index is 0.866. The largest absolute Gasteiger partial charge is 0.398 e. The number of nitrogen functional groups attached to an aromatic ring is 1. The molecule has 1 aromatic rings. The zero-order chi connectivity index (χ0) is 7.72. The molecule has 2 N–H and O–H groups in total. The van der Waals surface area contributed by atoms with Gasteiger partial charge < -0.3 is 5.73 Å². The van der Waals surface area contributed by atoms with E-state index in [2.05, 4.69) is 67.8 Å². The Hall–Kier alpha value is 1.21. The van der Waals surface area contributed by atoms with E-state index in [9.17, 15) is 0 Å². The average Bonchev–Trinajstić information content (AvgIpc) is 1.93. The van der Waals surface area contributed by atoms with Crippen molar-refractivity contribution in [3.8, 4) is 0 Å². The Morgan fingerprint density at radius 1 is 1.00 bits per heavy atom. The van der Waals surface area contributed by atoms with Gasteiger partial charge in [0.1, 0.15) is 0 Å². The Balaban J connectivity index is 3.34. The van der Waals surface area contributed by atoms with Crippen molar-refractivity contribution < 1.29 is 0 Å². The first-order valence-corrected chi connectivity index (χ1v) is 5.75. The molecular formula is C6H4I3N. The average molecular weight is 471 g/mol. The highest BCUT2D eigenvalue weighted by Gasteiger charge is 2.02. The van der Waals surface area contributed by atoms with Crippen molar-refractivity contribution >= 4 is 73.5 Å². The summed E-state index contributed by atoms with van der Waals surface area (Å²) in [6.45, 7) is 0. The smallest absolute Gasteiger partial charge is 0.0504 e. The molecule has 0 saturated heterocycles. The Bertz CT molecular complexity index is 232. The standard InChI is InChI=1S/C6H4I3N/c7-3-1-2-4(10)6(9)5(3)8/h1-2H,10H2. The Labute approximate surface area is 101 Å². The van der Waals surface area contributed by atoms with Crippen LogP contribution in [0, 0.1) is 10.7 Å². The molecule has 54 valence electrons. The highest BCUT2D eigenvalue weighted by molar-refractivity contribution is 14.1. The van der Waals surface area contributed by atoms with Crippen LogP contribution < -0.4 is 5.73 Å². The van der Waals surface area contributed by atoms with Crippen molar-refractivity contribution in [3.63, 3.8) is 0 Å². The quantitative estimate of drug-likeness (QED) is 0.352. The molecule has 1 aromatic carbocycles. The fraction of sp³-hybridized carbons (Fsp3) is 0. The normalized spacial score (nSPS) is 9.90. The van der Waals surface area contributed by atoms with Gasteiger partial charge >= 0.3 is 0 Å². The Morgan fingerprint density at radius 2 is 1.60 bits per heavy atom. The van der Waals surface area contributed by atoms with Crippen molar-refractivity contribution in [1.29, 1.82) is 0 Å². The maximum Gasteiger partial charge on any atom is 0.0504 e. The van der Waals surface area contributed by atoms with Crippen molar-refractivity contribution in [1.82, 2.24) is 0 Å². The third kappa shape index (κ3) is 1.87. The van der Waals surface area contributed by atoms with E-state index in [0.29, 0.717) is 0 Å². The summed E-state index contributed by atoms with van der Waals surface area (Å²) in [5.74, 6) is 0. The fourth-order valence-electron chi connectivity index (χ4n) is 0.541. The Kier molecular flexibility index (Phi) is 3.48. The number of nitrogens with two attached hydrogens (primary N) is 1. The third-order valence-corrected chi connectivity index (χ3v) is 6.31. The molecular weight excluding hydrogens is 467 g/mol. The van der Waals surface area contributed by atoms with Gasteiger partial charge in [0, 0.05) is 12.8 Å². The molecule has 0 unspecified atom stereocenters. The van der Waals surface area contributed by atoms with E-state index in [1.807, 2.05) is 12.1 Å². The number of hydrogen-bond acceptors (Lipinski definition) is 1. The molecule has 0 heterocycles. The lowest BCUT2D eigenvalue weighted by Gasteiger charge is -2.01. The minimum Gasteiger partial charge on any atom is -0.398 e. The molecule has 0 aliphatic rings. The van der Waals surface area contributed by atoms with Gasteiger partial charge in [-0.2, -0.15) is 0 Å². The minimum absolute atomic E-state index is 0.866. The maximum atomic E-state index is 5.67. The molecule has 0 amide bonds. The van der Waals surface area contributed by atoms with Crippen molar-refractivity contribution in [3.05, 3.63) is 22.8 Å². The van der Waals surface area contributed by atoms with Gasteiger partial charge in [0.05, 0.1) is 3.57 Å². The van der Waals surface area contributed by atoms with Gasteiger partial charge in [0.25, 0.3) is 0 Å². The van der Waals surface area contributed by atoms with Crippen LogP contribution in [0.3, 0.4) is 0 Å². The molecule has 0 spiro atoms. The van der Waals surface area contributed by atoms with Gasteiger partial charge in [-0.25, -0.2) is 0 Å². The van der Waals surface area contributed by atoms with E-state index in [0.717, 1.165) is 9.26 Å². The molecule has 0 aromatic heterocycles. The van der Waals surface area contributed by atoms with Crippen LogP contribution in [-0.4, -0.2) is 0 Å². The van der Waals surface area contributed by atoms with Gasteiger partial charge in [-0.15, -0.1) is 0 Å². The molecule has 0 radical (unpaired) electrons. The SMILES string of the molecule is Nc1ccc(I)c(I)c1I. The van der Waals surface area contributed by atoms with Gasteiger partial charge in [-0.3, -0.25) is 0 Å². The predicted molar refractivity (Wildman–Crippen MR) is 69.0 cm³/mol. The molecule has 0 aliphatic carbocycles. The molecule has 0 fully saturated rings. The second-order valence-corrected chi connectivity index (χ2v) is 5.08. The summed E-state index contributed by atoms with van der Waals surface area (Å²) in [6.07, 6.45) is 0. The van der Waals surface area contributed by atoms with Gasteiger partial charge in [-0.05, 0) is 79.9 Å². The topological polar surface area (TPSA) is 26.0 Å².